The number of imide groups is 1. The number of carbonyl (C=O) groups is 4. The molecule has 0 saturated carbocycles. The van der Waals surface area contributed by atoms with Crippen molar-refractivity contribution in [2.45, 2.75) is 67.6 Å². The average Bonchev–Trinajstić information content (AvgIpc) is 3.43. The zero-order chi connectivity index (χ0) is 40.1. The van der Waals surface area contributed by atoms with Crippen molar-refractivity contribution in [1.82, 2.24) is 14.7 Å². The quantitative estimate of drug-likeness (QED) is 0.0428. The maximum Gasteiger partial charge on any atom is 0.333 e. The average molecular weight is 798 g/mol. The minimum atomic E-state index is -5.41. The highest BCUT2D eigenvalue weighted by molar-refractivity contribution is 7.89. The Labute approximate surface area is 316 Å². The lowest BCUT2D eigenvalue weighted by molar-refractivity contribution is -0.255. The van der Waals surface area contributed by atoms with Gasteiger partial charge >= 0.3 is 5.97 Å². The van der Waals surface area contributed by atoms with Crippen LogP contribution in [0.15, 0.2) is 62.7 Å². The molecule has 2 aromatic carbocycles. The fourth-order valence-corrected chi connectivity index (χ4v) is 8.92. The number of anilines is 1. The number of rotatable bonds is 18. The molecule has 0 unspecified atom stereocenters. The number of amides is 2. The van der Waals surface area contributed by atoms with E-state index < -0.39 is 70.4 Å². The van der Waals surface area contributed by atoms with E-state index in [-0.39, 0.29) is 78.5 Å². The molecule has 0 spiro atoms. The molecule has 2 aromatic rings. The zero-order valence-corrected chi connectivity index (χ0v) is 31.4. The fourth-order valence-electron chi connectivity index (χ4n) is 6.46. The van der Waals surface area contributed by atoms with Crippen LogP contribution in [0.1, 0.15) is 68.1 Å². The molecule has 2 amide bonds. The number of sulfonamides is 1. The molecule has 19 heteroatoms. The maximum absolute atomic E-state index is 14.7. The van der Waals surface area contributed by atoms with Crippen LogP contribution in [0.3, 0.4) is 0 Å². The number of hydrogen-bond acceptors (Lipinski definition) is 15. The monoisotopic (exact) mass is 797 g/mol. The van der Waals surface area contributed by atoms with E-state index in [1.54, 1.807) is 7.05 Å². The van der Waals surface area contributed by atoms with Gasteiger partial charge in [0.15, 0.2) is 11.3 Å². The van der Waals surface area contributed by atoms with Crippen molar-refractivity contribution < 1.29 is 54.9 Å². The predicted octanol–water partition coefficient (Wildman–Crippen LogP) is 2.08. The largest absolute Gasteiger partial charge is 0.744 e. The first-order valence-electron chi connectivity index (χ1n) is 17.4. The summed E-state index contributed by atoms with van der Waals surface area (Å²) in [6.45, 7) is 0.653. The van der Waals surface area contributed by atoms with Crippen molar-refractivity contribution in [3.05, 3.63) is 59.5 Å². The zero-order valence-electron chi connectivity index (χ0n) is 29.8. The van der Waals surface area contributed by atoms with E-state index >= 15 is 0 Å². The number of nitrogens with one attached hydrogen (secondary N) is 2. The van der Waals surface area contributed by atoms with Gasteiger partial charge in [-0.15, -0.1) is 5.06 Å². The molecule has 1 fully saturated rings. The standard InChI is InChI=1S/C36H41N5O12S2/c1-39-19-7-3-9-21-40(20-8-2-4-12-30(44)53-41-28(42)17-18-29(41)43)54(47,48)34-26(37)15-13-24-31(22-10-5-6-11-23(22)36(45)46)25-14-16-27(38)35(55(49,50)51)33(25)52-32(24)34/h5-6,10-11,13-16,38-39H,2-4,7-9,12,17-21,37H2,1H3,(H,45,46)(H,49,50,51)/p-2. The number of hydroxylamine groups is 2. The van der Waals surface area contributed by atoms with Gasteiger partial charge in [0.1, 0.15) is 19.9 Å². The number of nitrogen functional groups attached to an aromatic ring is 1. The molecule has 1 aliphatic carbocycles. The summed E-state index contributed by atoms with van der Waals surface area (Å²) in [7, 11) is -8.23. The topological polar surface area (TPSA) is 273 Å². The van der Waals surface area contributed by atoms with E-state index in [0.29, 0.717) is 30.9 Å². The molecule has 0 aromatic heterocycles. The van der Waals surface area contributed by atoms with Gasteiger partial charge in [0.25, 0.3) is 11.8 Å². The second-order valence-corrected chi connectivity index (χ2v) is 16.1. The number of fused-ring (bicyclic) bond motifs is 2. The number of nitrogens with zero attached hydrogens (tertiary/aromatic N) is 2. The number of carboxylic acid groups (broad SMARTS) is 1. The van der Waals surface area contributed by atoms with E-state index in [1.807, 2.05) is 0 Å². The van der Waals surface area contributed by atoms with Crippen LogP contribution in [-0.2, 0) is 39.4 Å². The van der Waals surface area contributed by atoms with Crippen LogP contribution < -0.4 is 21.5 Å². The maximum atomic E-state index is 14.7. The van der Waals surface area contributed by atoms with E-state index in [9.17, 15) is 45.7 Å². The van der Waals surface area contributed by atoms with E-state index in [2.05, 4.69) is 5.32 Å². The molecule has 2 aliphatic heterocycles. The highest BCUT2D eigenvalue weighted by atomic mass is 32.2. The number of benzene rings is 3. The van der Waals surface area contributed by atoms with Gasteiger partial charge in [-0.2, -0.15) is 4.31 Å². The van der Waals surface area contributed by atoms with Gasteiger partial charge in [-0.3, -0.25) is 15.0 Å². The van der Waals surface area contributed by atoms with Crippen molar-refractivity contribution >= 4 is 60.6 Å². The smallest absolute Gasteiger partial charge is 0.333 e. The summed E-state index contributed by atoms with van der Waals surface area (Å²) in [4.78, 5) is 51.4. The minimum Gasteiger partial charge on any atom is -0.744 e. The number of carboxylic acids is 1. The molecule has 3 aliphatic rings. The Balaban J connectivity index is 1.58. The van der Waals surface area contributed by atoms with Gasteiger partial charge in [-0.25, -0.2) is 21.6 Å². The number of aromatic carboxylic acids is 1. The SMILES string of the molecule is CNCCCCCN(CCCCCC(=O)ON1C(=O)CCC1=O)S(=O)(=O)c1c(N)ccc2c(-c3ccccc3C(=O)[O-])c3ccc(=N)c(S(=O)(=O)[O-])c-3oc12. The third kappa shape index (κ3) is 8.86. The summed E-state index contributed by atoms with van der Waals surface area (Å²) in [5.74, 6) is -4.26. The summed E-state index contributed by atoms with van der Waals surface area (Å²) in [5, 5.41) is 23.3. The van der Waals surface area contributed by atoms with Gasteiger partial charge in [-0.05, 0) is 69.1 Å². The van der Waals surface area contributed by atoms with Gasteiger partial charge < -0.3 is 34.8 Å². The molecule has 5 rings (SSSR count). The highest BCUT2D eigenvalue weighted by Gasteiger charge is 2.34. The summed E-state index contributed by atoms with van der Waals surface area (Å²) >= 11 is 0. The Bertz CT molecular complexity index is 2380. The molecule has 2 heterocycles. The lowest BCUT2D eigenvalue weighted by Gasteiger charge is -2.25. The molecular weight excluding hydrogens is 759 g/mol. The first-order valence-corrected chi connectivity index (χ1v) is 20.3. The van der Waals surface area contributed by atoms with Gasteiger partial charge in [-0.1, -0.05) is 37.1 Å². The molecule has 0 radical (unpaired) electrons. The second kappa shape index (κ2) is 17.1. The Morgan fingerprint density at radius 1 is 0.909 bits per heavy atom. The normalized spacial score (nSPS) is 13.7. The Morgan fingerprint density at radius 2 is 1.56 bits per heavy atom. The lowest BCUT2D eigenvalue weighted by Crippen LogP contribution is -2.34. The third-order valence-corrected chi connectivity index (χ3v) is 12.0. The first-order chi connectivity index (χ1) is 26.1. The van der Waals surface area contributed by atoms with Crippen molar-refractivity contribution in [2.75, 3.05) is 32.4 Å². The van der Waals surface area contributed by atoms with Crippen molar-refractivity contribution in [1.29, 1.82) is 5.41 Å². The predicted molar refractivity (Wildman–Crippen MR) is 193 cm³/mol. The van der Waals surface area contributed by atoms with Crippen molar-refractivity contribution in [3.63, 3.8) is 0 Å². The van der Waals surface area contributed by atoms with E-state index in [4.69, 9.17) is 20.4 Å². The molecule has 17 nitrogen and oxygen atoms in total. The van der Waals surface area contributed by atoms with Crippen LogP contribution in [0.5, 0.6) is 0 Å². The molecule has 0 bridgehead atoms. The van der Waals surface area contributed by atoms with Gasteiger partial charge in [0.05, 0.1) is 17.0 Å². The van der Waals surface area contributed by atoms with Crippen LogP contribution in [0.4, 0.5) is 5.69 Å². The molecular formula is C36H39N5O12S2-2. The Kier molecular flexibility index (Phi) is 12.7. The number of unbranched alkanes of at least 4 members (excludes halogenated alkanes) is 4. The summed E-state index contributed by atoms with van der Waals surface area (Å²) in [5.41, 5.74) is 5.18. The minimum absolute atomic E-state index is 0.000215. The third-order valence-electron chi connectivity index (χ3n) is 9.08. The lowest BCUT2D eigenvalue weighted by atomic mass is 9.90. The molecule has 0 atom stereocenters. The summed E-state index contributed by atoms with van der Waals surface area (Å²) in [6, 6.07) is 10.6. The van der Waals surface area contributed by atoms with Crippen LogP contribution in [0.25, 0.3) is 33.4 Å². The Hall–Kier alpha value is -5.21. The van der Waals surface area contributed by atoms with Crippen LogP contribution in [-0.4, -0.2) is 81.2 Å². The number of carbonyl (C=O) groups excluding carboxylic acids is 4. The van der Waals surface area contributed by atoms with Crippen LogP contribution in [0.2, 0.25) is 0 Å². The fraction of sp³-hybridized carbons (Fsp3) is 0.361. The van der Waals surface area contributed by atoms with Gasteiger partial charge in [0, 0.05) is 54.4 Å². The Morgan fingerprint density at radius 3 is 2.20 bits per heavy atom. The summed E-state index contributed by atoms with van der Waals surface area (Å²) < 4.78 is 74.3. The number of hydrogen-bond donors (Lipinski definition) is 3. The molecule has 1 saturated heterocycles. The van der Waals surface area contributed by atoms with Crippen LogP contribution in [0, 0.1) is 5.41 Å². The highest BCUT2D eigenvalue weighted by Crippen LogP contribution is 2.46. The van der Waals surface area contributed by atoms with E-state index in [1.165, 1.54) is 46.8 Å². The first kappa shape index (κ1) is 41.0. The summed E-state index contributed by atoms with van der Waals surface area (Å²) in [6.07, 6.45) is 2.42. The molecule has 55 heavy (non-hydrogen) atoms. The molecule has 4 N–H and O–H groups in total. The second-order valence-electron chi connectivity index (χ2n) is 12.9. The number of nitrogens with two attached hydrogens (primary N) is 1. The van der Waals surface area contributed by atoms with Crippen molar-refractivity contribution in [2.24, 2.45) is 0 Å². The molecule has 294 valence electrons. The van der Waals surface area contributed by atoms with Crippen molar-refractivity contribution in [3.8, 4) is 22.5 Å². The van der Waals surface area contributed by atoms with E-state index in [0.717, 1.165) is 12.5 Å². The van der Waals surface area contributed by atoms with Gasteiger partial charge in [0.2, 0.25) is 10.0 Å². The van der Waals surface area contributed by atoms with Crippen LogP contribution >= 0.6 is 0 Å².